The highest BCUT2D eigenvalue weighted by atomic mass is 14.9. The molecular weight excluding hydrogens is 242 g/mol. The largest absolute Gasteiger partial charge is 0.378 e. The van der Waals surface area contributed by atoms with Gasteiger partial charge in [0.1, 0.15) is 0 Å². The third-order valence-electron chi connectivity index (χ3n) is 4.49. The average Bonchev–Trinajstić information content (AvgIpc) is 2.51. The van der Waals surface area contributed by atoms with Crippen LogP contribution in [0.4, 0.5) is 5.69 Å². The number of hydrogen-bond acceptors (Lipinski definition) is 1. The molecule has 0 spiro atoms. The zero-order valence-corrected chi connectivity index (χ0v) is 12.4. The summed E-state index contributed by atoms with van der Waals surface area (Å²) >= 11 is 0. The molecule has 0 radical (unpaired) electrons. The van der Waals surface area contributed by atoms with Crippen molar-refractivity contribution >= 4 is 5.69 Å². The second-order valence-corrected chi connectivity index (χ2v) is 5.85. The fraction of sp³-hybridized carbons (Fsp3) is 0.368. The normalized spacial score (nSPS) is 21.3. The zero-order chi connectivity index (χ0) is 13.9. The molecule has 0 fully saturated rings. The summed E-state index contributed by atoms with van der Waals surface area (Å²) in [4.78, 5) is 0. The lowest BCUT2D eigenvalue weighted by Crippen LogP contribution is -2.19. The average molecular weight is 265 g/mol. The van der Waals surface area contributed by atoms with Crippen LogP contribution in [0, 0.1) is 0 Å². The molecule has 2 aromatic rings. The van der Waals surface area contributed by atoms with E-state index in [1.54, 1.807) is 0 Å². The first-order chi connectivity index (χ1) is 9.78. The molecule has 0 aromatic heterocycles. The predicted molar refractivity (Wildman–Crippen MR) is 86.3 cm³/mol. The molecule has 0 heterocycles. The van der Waals surface area contributed by atoms with Crippen LogP contribution in [0.5, 0.6) is 0 Å². The summed E-state index contributed by atoms with van der Waals surface area (Å²) in [5, 5.41) is 3.71. The minimum atomic E-state index is 0.454. The molecule has 1 aliphatic carbocycles. The maximum absolute atomic E-state index is 3.71. The molecule has 2 unspecified atom stereocenters. The van der Waals surface area contributed by atoms with Gasteiger partial charge in [-0.3, -0.25) is 0 Å². The third kappa shape index (κ3) is 2.58. The van der Waals surface area contributed by atoms with E-state index in [-0.39, 0.29) is 0 Å². The molecule has 0 saturated carbocycles. The number of aryl methyl sites for hydroxylation is 1. The van der Waals surface area contributed by atoms with Crippen LogP contribution in [0.1, 0.15) is 55.3 Å². The lowest BCUT2D eigenvalue weighted by molar-refractivity contribution is 0.534. The number of rotatable bonds is 3. The summed E-state index contributed by atoms with van der Waals surface area (Å²) in [6.45, 7) is 4.53. The van der Waals surface area contributed by atoms with Crippen LogP contribution in [0.25, 0.3) is 0 Å². The van der Waals surface area contributed by atoms with Crippen molar-refractivity contribution in [2.45, 2.75) is 45.1 Å². The van der Waals surface area contributed by atoms with Crippen molar-refractivity contribution in [2.24, 2.45) is 0 Å². The van der Waals surface area contributed by atoms with E-state index in [0.717, 1.165) is 6.42 Å². The molecule has 0 aliphatic heterocycles. The summed E-state index contributed by atoms with van der Waals surface area (Å²) in [6, 6.07) is 18.2. The van der Waals surface area contributed by atoms with Crippen LogP contribution < -0.4 is 5.32 Å². The number of fused-ring (bicyclic) bond motifs is 1. The van der Waals surface area contributed by atoms with E-state index >= 15 is 0 Å². The Morgan fingerprint density at radius 2 is 1.65 bits per heavy atom. The molecule has 1 heteroatoms. The topological polar surface area (TPSA) is 12.0 Å². The molecule has 0 saturated heterocycles. The van der Waals surface area contributed by atoms with Crippen molar-refractivity contribution in [3.63, 3.8) is 0 Å². The van der Waals surface area contributed by atoms with Crippen molar-refractivity contribution in [2.75, 3.05) is 5.32 Å². The van der Waals surface area contributed by atoms with Gasteiger partial charge < -0.3 is 5.32 Å². The molecule has 1 aliphatic rings. The van der Waals surface area contributed by atoms with Gasteiger partial charge in [-0.05, 0) is 54.0 Å². The summed E-state index contributed by atoms with van der Waals surface area (Å²) in [7, 11) is 0. The van der Waals surface area contributed by atoms with Gasteiger partial charge in [0, 0.05) is 5.69 Å². The van der Waals surface area contributed by atoms with Crippen molar-refractivity contribution in [1.29, 1.82) is 0 Å². The molecule has 104 valence electrons. The van der Waals surface area contributed by atoms with Gasteiger partial charge in [0.25, 0.3) is 0 Å². The molecule has 0 amide bonds. The monoisotopic (exact) mass is 265 g/mol. The number of benzene rings is 2. The SMILES string of the molecule is CCc1ccc(NC2CCC(C)c3ccccc32)cc1. The van der Waals surface area contributed by atoms with Crippen LogP contribution in [0.15, 0.2) is 48.5 Å². The summed E-state index contributed by atoms with van der Waals surface area (Å²) in [5.74, 6) is 0.687. The molecule has 20 heavy (non-hydrogen) atoms. The van der Waals surface area contributed by atoms with Gasteiger partial charge in [0.05, 0.1) is 6.04 Å². The van der Waals surface area contributed by atoms with E-state index in [1.165, 1.54) is 35.2 Å². The highest BCUT2D eigenvalue weighted by Crippen LogP contribution is 2.38. The van der Waals surface area contributed by atoms with Crippen LogP contribution in [-0.4, -0.2) is 0 Å². The molecule has 0 bridgehead atoms. The quantitative estimate of drug-likeness (QED) is 0.794. The van der Waals surface area contributed by atoms with Gasteiger partial charge in [0.15, 0.2) is 0 Å². The first-order valence-corrected chi connectivity index (χ1v) is 7.72. The Kier molecular flexibility index (Phi) is 3.77. The number of anilines is 1. The first kappa shape index (κ1) is 13.2. The van der Waals surface area contributed by atoms with Crippen LogP contribution in [0.2, 0.25) is 0 Å². The second kappa shape index (κ2) is 5.70. The smallest absolute Gasteiger partial charge is 0.0516 e. The highest BCUT2D eigenvalue weighted by Gasteiger charge is 2.23. The maximum Gasteiger partial charge on any atom is 0.0516 e. The van der Waals surface area contributed by atoms with Gasteiger partial charge in [-0.1, -0.05) is 50.2 Å². The fourth-order valence-corrected chi connectivity index (χ4v) is 3.19. The zero-order valence-electron chi connectivity index (χ0n) is 12.4. The van der Waals surface area contributed by atoms with Crippen LogP contribution >= 0.6 is 0 Å². The van der Waals surface area contributed by atoms with Crippen molar-refractivity contribution in [1.82, 2.24) is 0 Å². The van der Waals surface area contributed by atoms with Crippen molar-refractivity contribution in [3.8, 4) is 0 Å². The minimum absolute atomic E-state index is 0.454. The third-order valence-corrected chi connectivity index (χ3v) is 4.49. The Morgan fingerprint density at radius 3 is 2.35 bits per heavy atom. The van der Waals surface area contributed by atoms with Gasteiger partial charge >= 0.3 is 0 Å². The lowest BCUT2D eigenvalue weighted by Gasteiger charge is -2.31. The molecule has 1 nitrogen and oxygen atoms in total. The molecule has 3 rings (SSSR count). The van der Waals surface area contributed by atoms with Gasteiger partial charge in [-0.25, -0.2) is 0 Å². The van der Waals surface area contributed by atoms with Gasteiger partial charge in [-0.2, -0.15) is 0 Å². The predicted octanol–water partition coefficient (Wildman–Crippen LogP) is 5.30. The van der Waals surface area contributed by atoms with Crippen LogP contribution in [-0.2, 0) is 6.42 Å². The van der Waals surface area contributed by atoms with Gasteiger partial charge in [-0.15, -0.1) is 0 Å². The molecule has 2 aromatic carbocycles. The van der Waals surface area contributed by atoms with Crippen molar-refractivity contribution in [3.05, 3.63) is 65.2 Å². The molecule has 1 N–H and O–H groups in total. The van der Waals surface area contributed by atoms with E-state index < -0.39 is 0 Å². The minimum Gasteiger partial charge on any atom is -0.378 e. The number of hydrogen-bond donors (Lipinski definition) is 1. The Bertz CT molecular complexity index is 571. The lowest BCUT2D eigenvalue weighted by atomic mass is 9.81. The van der Waals surface area contributed by atoms with E-state index in [1.807, 2.05) is 0 Å². The summed E-state index contributed by atoms with van der Waals surface area (Å²) in [6.07, 6.45) is 3.58. The van der Waals surface area contributed by atoms with Crippen molar-refractivity contribution < 1.29 is 0 Å². The highest BCUT2D eigenvalue weighted by molar-refractivity contribution is 5.48. The second-order valence-electron chi connectivity index (χ2n) is 5.85. The Hall–Kier alpha value is -1.76. The summed E-state index contributed by atoms with van der Waals surface area (Å²) in [5.41, 5.74) is 5.62. The maximum atomic E-state index is 3.71. The Balaban J connectivity index is 1.82. The summed E-state index contributed by atoms with van der Waals surface area (Å²) < 4.78 is 0. The Morgan fingerprint density at radius 1 is 0.950 bits per heavy atom. The fourth-order valence-electron chi connectivity index (χ4n) is 3.19. The Labute approximate surface area is 122 Å². The van der Waals surface area contributed by atoms with Crippen LogP contribution in [0.3, 0.4) is 0 Å². The van der Waals surface area contributed by atoms with E-state index in [4.69, 9.17) is 0 Å². The van der Waals surface area contributed by atoms with Gasteiger partial charge in [0.2, 0.25) is 0 Å². The standard InChI is InChI=1S/C19H23N/c1-3-15-9-11-16(12-10-15)20-19-13-8-14(2)17-6-4-5-7-18(17)19/h4-7,9-12,14,19-20H,3,8,13H2,1-2H3. The first-order valence-electron chi connectivity index (χ1n) is 7.72. The number of nitrogens with one attached hydrogen (secondary N) is 1. The van der Waals surface area contributed by atoms with E-state index in [2.05, 4.69) is 67.7 Å². The van der Waals surface area contributed by atoms with E-state index in [9.17, 15) is 0 Å². The van der Waals surface area contributed by atoms with E-state index in [0.29, 0.717) is 12.0 Å². The molecule has 2 atom stereocenters. The molecular formula is C19H23N.